The van der Waals surface area contributed by atoms with Crippen LogP contribution in [0.5, 0.6) is 0 Å². The molecule has 2 nitrogen and oxygen atoms in total. The lowest BCUT2D eigenvalue weighted by molar-refractivity contribution is 0.603. The average Bonchev–Trinajstić information content (AvgIpc) is 2.39. The predicted molar refractivity (Wildman–Crippen MR) is 64.7 cm³/mol. The van der Waals surface area contributed by atoms with Gasteiger partial charge >= 0.3 is 0 Å². The number of hydrogen-bond acceptors (Lipinski definition) is 3. The molecule has 80 valence electrons. The molecule has 0 bridgehead atoms. The summed E-state index contributed by atoms with van der Waals surface area (Å²) in [6.07, 6.45) is 3.69. The van der Waals surface area contributed by atoms with Crippen LogP contribution in [-0.2, 0) is 9.84 Å². The molecule has 0 aromatic heterocycles. The third-order valence-corrected chi connectivity index (χ3v) is 5.09. The highest BCUT2D eigenvalue weighted by atomic mass is 32.2. The van der Waals surface area contributed by atoms with Crippen molar-refractivity contribution in [2.75, 3.05) is 12.0 Å². The van der Waals surface area contributed by atoms with Crippen molar-refractivity contribution >= 4 is 27.7 Å². The van der Waals surface area contributed by atoms with Crippen LogP contribution in [0.3, 0.4) is 0 Å². The maximum atomic E-state index is 12.0. The maximum Gasteiger partial charge on any atom is 0.204 e. The van der Waals surface area contributed by atoms with E-state index in [2.05, 4.69) is 0 Å². The summed E-state index contributed by atoms with van der Waals surface area (Å²) in [7, 11) is -3.19. The summed E-state index contributed by atoms with van der Waals surface area (Å²) in [6.45, 7) is 1.97. The topological polar surface area (TPSA) is 34.1 Å². The van der Waals surface area contributed by atoms with E-state index in [0.717, 1.165) is 11.1 Å². The molecule has 0 fully saturated rings. The second-order valence-electron chi connectivity index (χ2n) is 3.59. The Bertz CT molecular complexity index is 528. The van der Waals surface area contributed by atoms with Gasteiger partial charge in [-0.15, -0.1) is 0 Å². The van der Waals surface area contributed by atoms with Crippen molar-refractivity contribution in [2.24, 2.45) is 0 Å². The second kappa shape index (κ2) is 3.68. The molecule has 1 aliphatic rings. The van der Waals surface area contributed by atoms with Gasteiger partial charge in [-0.1, -0.05) is 17.7 Å². The van der Waals surface area contributed by atoms with Crippen LogP contribution in [0.4, 0.5) is 0 Å². The van der Waals surface area contributed by atoms with Crippen LogP contribution in [0.25, 0.3) is 6.08 Å². The molecule has 1 aromatic rings. The van der Waals surface area contributed by atoms with Crippen molar-refractivity contribution in [1.82, 2.24) is 0 Å². The van der Waals surface area contributed by atoms with Gasteiger partial charge in [0.1, 0.15) is 0 Å². The highest BCUT2D eigenvalue weighted by Crippen LogP contribution is 2.34. The Morgan fingerprint density at radius 2 is 2.07 bits per heavy atom. The van der Waals surface area contributed by atoms with Crippen LogP contribution >= 0.6 is 11.8 Å². The van der Waals surface area contributed by atoms with Crippen LogP contribution in [0, 0.1) is 6.92 Å². The average molecular weight is 240 g/mol. The SMILES string of the molecule is CSCC1=Cc2cc(C)ccc2S1(=O)=O. The first-order chi connectivity index (χ1) is 7.05. The molecule has 0 spiro atoms. The van der Waals surface area contributed by atoms with Crippen LogP contribution in [-0.4, -0.2) is 20.4 Å². The van der Waals surface area contributed by atoms with E-state index in [-0.39, 0.29) is 0 Å². The predicted octanol–water partition coefficient (Wildman–Crippen LogP) is 2.49. The third-order valence-electron chi connectivity index (χ3n) is 2.40. The molecule has 0 saturated heterocycles. The van der Waals surface area contributed by atoms with Gasteiger partial charge in [-0.3, -0.25) is 0 Å². The fraction of sp³-hybridized carbons (Fsp3) is 0.273. The number of fused-ring (bicyclic) bond motifs is 1. The van der Waals surface area contributed by atoms with Crippen molar-refractivity contribution in [3.8, 4) is 0 Å². The van der Waals surface area contributed by atoms with Gasteiger partial charge in [0.15, 0.2) is 0 Å². The highest BCUT2D eigenvalue weighted by Gasteiger charge is 2.28. The van der Waals surface area contributed by atoms with Crippen molar-refractivity contribution in [1.29, 1.82) is 0 Å². The Morgan fingerprint density at radius 3 is 2.73 bits per heavy atom. The Morgan fingerprint density at radius 1 is 1.33 bits per heavy atom. The van der Waals surface area contributed by atoms with Crippen LogP contribution in [0.1, 0.15) is 11.1 Å². The minimum atomic E-state index is -3.19. The Balaban J connectivity index is 2.58. The largest absolute Gasteiger partial charge is 0.219 e. The molecule has 0 amide bonds. The molecule has 1 aliphatic heterocycles. The molecule has 0 aliphatic carbocycles. The third kappa shape index (κ3) is 1.72. The van der Waals surface area contributed by atoms with Gasteiger partial charge < -0.3 is 0 Å². The zero-order valence-corrected chi connectivity index (χ0v) is 10.3. The lowest BCUT2D eigenvalue weighted by Gasteiger charge is -2.01. The first-order valence-corrected chi connectivity index (χ1v) is 7.48. The zero-order chi connectivity index (χ0) is 11.1. The van der Waals surface area contributed by atoms with E-state index in [0.29, 0.717) is 15.6 Å². The second-order valence-corrected chi connectivity index (χ2v) is 6.43. The van der Waals surface area contributed by atoms with E-state index in [1.165, 1.54) is 11.8 Å². The molecule has 0 unspecified atom stereocenters. The van der Waals surface area contributed by atoms with Crippen LogP contribution in [0.15, 0.2) is 28.0 Å². The minimum Gasteiger partial charge on any atom is -0.219 e. The van der Waals surface area contributed by atoms with Crippen molar-refractivity contribution < 1.29 is 8.42 Å². The Labute approximate surface area is 94.3 Å². The summed E-state index contributed by atoms with van der Waals surface area (Å²) in [6, 6.07) is 5.45. The number of rotatable bonds is 2. The van der Waals surface area contributed by atoms with E-state index in [9.17, 15) is 8.42 Å². The van der Waals surface area contributed by atoms with E-state index in [4.69, 9.17) is 0 Å². The molecule has 15 heavy (non-hydrogen) atoms. The summed E-state index contributed by atoms with van der Waals surface area (Å²) in [5.41, 5.74) is 1.92. The summed E-state index contributed by atoms with van der Waals surface area (Å²) in [5, 5.41) is 0. The Kier molecular flexibility index (Phi) is 2.64. The zero-order valence-electron chi connectivity index (χ0n) is 8.65. The van der Waals surface area contributed by atoms with Crippen molar-refractivity contribution in [3.63, 3.8) is 0 Å². The molecule has 0 radical (unpaired) electrons. The minimum absolute atomic E-state index is 0.456. The number of aryl methyl sites for hydroxylation is 1. The van der Waals surface area contributed by atoms with Gasteiger partial charge in [0.25, 0.3) is 0 Å². The molecular weight excluding hydrogens is 228 g/mol. The van der Waals surface area contributed by atoms with E-state index < -0.39 is 9.84 Å². The first kappa shape index (κ1) is 10.8. The van der Waals surface area contributed by atoms with Crippen molar-refractivity contribution in [3.05, 3.63) is 34.2 Å². The van der Waals surface area contributed by atoms with E-state index >= 15 is 0 Å². The lowest BCUT2D eigenvalue weighted by atomic mass is 10.1. The fourth-order valence-corrected chi connectivity index (χ4v) is 4.26. The molecular formula is C11H12O2S2. The smallest absolute Gasteiger partial charge is 0.204 e. The summed E-state index contributed by atoms with van der Waals surface area (Å²) < 4.78 is 24.0. The number of benzene rings is 1. The van der Waals surface area contributed by atoms with Crippen LogP contribution in [0.2, 0.25) is 0 Å². The molecule has 0 atom stereocenters. The summed E-state index contributed by atoms with van der Waals surface area (Å²) in [4.78, 5) is 0.979. The summed E-state index contributed by atoms with van der Waals surface area (Å²) in [5.74, 6) is 0.552. The van der Waals surface area contributed by atoms with Gasteiger partial charge in [0, 0.05) is 5.75 Å². The monoisotopic (exact) mass is 240 g/mol. The molecule has 0 N–H and O–H groups in total. The van der Waals surface area contributed by atoms with Gasteiger partial charge in [-0.2, -0.15) is 11.8 Å². The standard InChI is InChI=1S/C11H12O2S2/c1-8-3-4-11-9(5-8)6-10(7-14-2)15(11,12)13/h3-6H,7H2,1-2H3. The molecule has 1 heterocycles. The molecule has 4 heteroatoms. The van der Waals surface area contributed by atoms with Gasteiger partial charge in [-0.05, 0) is 30.9 Å². The number of sulfone groups is 1. The van der Waals surface area contributed by atoms with E-state index in [1.54, 1.807) is 12.1 Å². The van der Waals surface area contributed by atoms with Crippen molar-refractivity contribution in [2.45, 2.75) is 11.8 Å². The highest BCUT2D eigenvalue weighted by molar-refractivity contribution is 8.01. The molecule has 1 aromatic carbocycles. The number of hydrogen-bond donors (Lipinski definition) is 0. The van der Waals surface area contributed by atoms with Gasteiger partial charge in [0.05, 0.1) is 9.80 Å². The molecule has 0 saturated carbocycles. The fourth-order valence-electron chi connectivity index (χ4n) is 1.68. The normalized spacial score (nSPS) is 17.3. The lowest BCUT2D eigenvalue weighted by Crippen LogP contribution is -2.02. The van der Waals surface area contributed by atoms with Gasteiger partial charge in [0.2, 0.25) is 9.84 Å². The quantitative estimate of drug-likeness (QED) is 0.796. The number of thioether (sulfide) groups is 1. The van der Waals surface area contributed by atoms with Gasteiger partial charge in [-0.25, -0.2) is 8.42 Å². The summed E-state index contributed by atoms with van der Waals surface area (Å²) >= 11 is 1.53. The van der Waals surface area contributed by atoms with Crippen LogP contribution < -0.4 is 0 Å². The Hall–Kier alpha value is -0.740. The maximum absolute atomic E-state index is 12.0. The molecule has 2 rings (SSSR count). The van der Waals surface area contributed by atoms with E-state index in [1.807, 2.05) is 25.3 Å². The first-order valence-electron chi connectivity index (χ1n) is 4.61.